The van der Waals surface area contributed by atoms with Crippen molar-refractivity contribution in [2.75, 3.05) is 0 Å². The SMILES string of the molecule is CC(C)C[C@H](N)[C@@H](O)CC(=O)Cl. The molecule has 0 aromatic heterocycles. The average Bonchev–Trinajstić information content (AvgIpc) is 1.84. The molecule has 0 saturated carbocycles. The molecule has 0 radical (unpaired) electrons. The monoisotopic (exact) mass is 193 g/mol. The lowest BCUT2D eigenvalue weighted by atomic mass is 9.99. The fraction of sp³-hybridized carbons (Fsp3) is 0.875. The Morgan fingerprint density at radius 2 is 2.08 bits per heavy atom. The van der Waals surface area contributed by atoms with E-state index in [9.17, 15) is 9.90 Å². The summed E-state index contributed by atoms with van der Waals surface area (Å²) in [6.07, 6.45) is -0.168. The predicted molar refractivity (Wildman–Crippen MR) is 48.9 cm³/mol. The first-order chi connectivity index (χ1) is 5.43. The maximum atomic E-state index is 10.4. The summed E-state index contributed by atoms with van der Waals surface area (Å²) in [5.74, 6) is 0.417. The number of hydrogen-bond acceptors (Lipinski definition) is 3. The van der Waals surface area contributed by atoms with E-state index < -0.39 is 11.3 Å². The zero-order chi connectivity index (χ0) is 9.72. The van der Waals surface area contributed by atoms with Gasteiger partial charge in [0.25, 0.3) is 0 Å². The van der Waals surface area contributed by atoms with E-state index in [-0.39, 0.29) is 12.5 Å². The fourth-order valence-corrected chi connectivity index (χ4v) is 1.18. The average molecular weight is 194 g/mol. The zero-order valence-corrected chi connectivity index (χ0v) is 8.21. The highest BCUT2D eigenvalue weighted by Gasteiger charge is 2.18. The second-order valence-electron chi connectivity index (χ2n) is 3.42. The lowest BCUT2D eigenvalue weighted by molar-refractivity contribution is -0.113. The maximum absolute atomic E-state index is 10.4. The van der Waals surface area contributed by atoms with E-state index in [4.69, 9.17) is 17.3 Å². The molecular weight excluding hydrogens is 178 g/mol. The molecule has 3 N–H and O–H groups in total. The molecule has 0 spiro atoms. The Bertz CT molecular complexity index is 150. The molecule has 0 fully saturated rings. The minimum Gasteiger partial charge on any atom is -0.391 e. The van der Waals surface area contributed by atoms with Crippen LogP contribution < -0.4 is 5.73 Å². The van der Waals surface area contributed by atoms with Crippen molar-refractivity contribution in [3.05, 3.63) is 0 Å². The van der Waals surface area contributed by atoms with Crippen LogP contribution in [0.3, 0.4) is 0 Å². The third kappa shape index (κ3) is 5.52. The summed E-state index contributed by atoms with van der Waals surface area (Å²) >= 11 is 5.10. The van der Waals surface area contributed by atoms with Crippen LogP contribution in [-0.2, 0) is 4.79 Å². The van der Waals surface area contributed by atoms with Crippen LogP contribution in [-0.4, -0.2) is 22.5 Å². The molecule has 0 bridgehead atoms. The second kappa shape index (κ2) is 5.51. The van der Waals surface area contributed by atoms with Crippen molar-refractivity contribution >= 4 is 16.8 Å². The Labute approximate surface area is 77.9 Å². The van der Waals surface area contributed by atoms with E-state index in [1.807, 2.05) is 13.8 Å². The molecule has 0 aliphatic rings. The molecule has 0 aliphatic heterocycles. The summed E-state index contributed by atoms with van der Waals surface area (Å²) in [7, 11) is 0. The molecule has 0 heterocycles. The number of rotatable bonds is 5. The molecule has 0 saturated heterocycles. The number of aliphatic hydroxyl groups is 1. The number of aliphatic hydroxyl groups excluding tert-OH is 1. The van der Waals surface area contributed by atoms with Gasteiger partial charge in [-0.3, -0.25) is 4.79 Å². The summed E-state index contributed by atoms with van der Waals surface area (Å²) in [5, 5.41) is 8.77. The van der Waals surface area contributed by atoms with Crippen molar-refractivity contribution in [3.63, 3.8) is 0 Å². The lowest BCUT2D eigenvalue weighted by Crippen LogP contribution is -2.36. The number of hydrogen-bond donors (Lipinski definition) is 2. The van der Waals surface area contributed by atoms with Crippen LogP contribution in [0.4, 0.5) is 0 Å². The summed E-state index contributed by atoms with van der Waals surface area (Å²) in [6.45, 7) is 4.02. The lowest BCUT2D eigenvalue weighted by Gasteiger charge is -2.18. The standard InChI is InChI=1S/C8H16ClNO2/c1-5(2)3-6(10)7(11)4-8(9)12/h5-7,11H,3-4,10H2,1-2H3/t6-,7-/m0/s1. The van der Waals surface area contributed by atoms with Gasteiger partial charge in [-0.2, -0.15) is 0 Å². The summed E-state index contributed by atoms with van der Waals surface area (Å²) in [4.78, 5) is 10.4. The van der Waals surface area contributed by atoms with Crippen molar-refractivity contribution < 1.29 is 9.90 Å². The molecular formula is C8H16ClNO2. The highest BCUT2D eigenvalue weighted by Crippen LogP contribution is 2.09. The molecule has 0 rings (SSSR count). The predicted octanol–water partition coefficient (Wildman–Crippen LogP) is 0.876. The minimum atomic E-state index is -0.808. The molecule has 2 atom stereocenters. The smallest absolute Gasteiger partial charge is 0.224 e. The van der Waals surface area contributed by atoms with Gasteiger partial charge in [0.05, 0.1) is 6.10 Å². The van der Waals surface area contributed by atoms with Crippen LogP contribution in [0.5, 0.6) is 0 Å². The first-order valence-corrected chi connectivity index (χ1v) is 4.43. The van der Waals surface area contributed by atoms with E-state index >= 15 is 0 Å². The summed E-state index contributed by atoms with van der Waals surface area (Å²) < 4.78 is 0. The van der Waals surface area contributed by atoms with Gasteiger partial charge in [-0.25, -0.2) is 0 Å². The van der Waals surface area contributed by atoms with Gasteiger partial charge in [0, 0.05) is 12.5 Å². The summed E-state index contributed by atoms with van der Waals surface area (Å²) in [5.41, 5.74) is 5.61. The number of nitrogens with two attached hydrogens (primary N) is 1. The first kappa shape index (κ1) is 11.9. The van der Waals surface area contributed by atoms with Crippen molar-refractivity contribution in [1.29, 1.82) is 0 Å². The first-order valence-electron chi connectivity index (χ1n) is 4.05. The Morgan fingerprint density at radius 3 is 2.42 bits per heavy atom. The second-order valence-corrected chi connectivity index (χ2v) is 3.84. The van der Waals surface area contributed by atoms with Crippen LogP contribution in [0.2, 0.25) is 0 Å². The van der Waals surface area contributed by atoms with Crippen LogP contribution >= 0.6 is 11.6 Å². The molecule has 4 heteroatoms. The van der Waals surface area contributed by atoms with Gasteiger partial charge in [0.2, 0.25) is 5.24 Å². The van der Waals surface area contributed by atoms with Gasteiger partial charge in [0.1, 0.15) is 0 Å². The van der Waals surface area contributed by atoms with Gasteiger partial charge in [-0.1, -0.05) is 13.8 Å². The zero-order valence-electron chi connectivity index (χ0n) is 7.46. The molecule has 72 valence electrons. The molecule has 0 aromatic rings. The van der Waals surface area contributed by atoms with Crippen LogP contribution in [0, 0.1) is 5.92 Å². The molecule has 0 unspecified atom stereocenters. The minimum absolute atomic E-state index is 0.0601. The fourth-order valence-electron chi connectivity index (χ4n) is 1.02. The van der Waals surface area contributed by atoms with Crippen molar-refractivity contribution in [2.45, 2.75) is 38.8 Å². The van der Waals surface area contributed by atoms with Crippen LogP contribution in [0.25, 0.3) is 0 Å². The molecule has 0 amide bonds. The topological polar surface area (TPSA) is 63.3 Å². The van der Waals surface area contributed by atoms with E-state index in [2.05, 4.69) is 0 Å². The molecule has 3 nitrogen and oxygen atoms in total. The van der Waals surface area contributed by atoms with Gasteiger partial charge in [-0.05, 0) is 23.9 Å². The van der Waals surface area contributed by atoms with E-state index in [1.165, 1.54) is 0 Å². The van der Waals surface area contributed by atoms with E-state index in [0.29, 0.717) is 12.3 Å². The van der Waals surface area contributed by atoms with Crippen molar-refractivity contribution in [2.24, 2.45) is 11.7 Å². The number of halogens is 1. The third-order valence-corrected chi connectivity index (χ3v) is 1.76. The van der Waals surface area contributed by atoms with Gasteiger partial charge in [-0.15, -0.1) is 0 Å². The quantitative estimate of drug-likeness (QED) is 0.638. The van der Waals surface area contributed by atoms with Gasteiger partial charge >= 0.3 is 0 Å². The van der Waals surface area contributed by atoms with Crippen LogP contribution in [0.15, 0.2) is 0 Å². The molecule has 12 heavy (non-hydrogen) atoms. The molecule has 0 aliphatic carbocycles. The Kier molecular flexibility index (Phi) is 5.46. The van der Waals surface area contributed by atoms with Crippen molar-refractivity contribution in [3.8, 4) is 0 Å². The van der Waals surface area contributed by atoms with Gasteiger partial charge in [0.15, 0.2) is 0 Å². The third-order valence-electron chi connectivity index (χ3n) is 1.61. The largest absolute Gasteiger partial charge is 0.391 e. The highest BCUT2D eigenvalue weighted by molar-refractivity contribution is 6.63. The normalized spacial score (nSPS) is 16.2. The Hall–Kier alpha value is -0.120. The number of carbonyl (C=O) groups excluding carboxylic acids is 1. The maximum Gasteiger partial charge on any atom is 0.224 e. The Balaban J connectivity index is 3.76. The van der Waals surface area contributed by atoms with E-state index in [1.54, 1.807) is 0 Å². The summed E-state index contributed by atoms with van der Waals surface area (Å²) in [6, 6.07) is -0.354. The number of carbonyl (C=O) groups is 1. The van der Waals surface area contributed by atoms with Gasteiger partial charge < -0.3 is 10.8 Å². The molecule has 0 aromatic carbocycles. The van der Waals surface area contributed by atoms with Crippen LogP contribution in [0.1, 0.15) is 26.7 Å². The highest BCUT2D eigenvalue weighted by atomic mass is 35.5. The van der Waals surface area contributed by atoms with Crippen molar-refractivity contribution in [1.82, 2.24) is 0 Å². The Morgan fingerprint density at radius 1 is 1.58 bits per heavy atom. The van der Waals surface area contributed by atoms with E-state index in [0.717, 1.165) is 0 Å².